The number of methoxy groups -OCH3 is 1. The Kier molecular flexibility index (Phi) is 4.97. The highest BCUT2D eigenvalue weighted by molar-refractivity contribution is 5.89. The van der Waals surface area contributed by atoms with E-state index in [2.05, 4.69) is 5.32 Å². The lowest BCUT2D eigenvalue weighted by atomic mass is 9.49. The Bertz CT molecular complexity index is 492. The molecule has 0 aromatic carbocycles. The zero-order valence-electron chi connectivity index (χ0n) is 14.8. The molecular weight excluding hydrogens is 306 g/mol. The normalized spacial score (nSPS) is 34.7. The first-order valence-electron chi connectivity index (χ1n) is 9.36. The van der Waals surface area contributed by atoms with Crippen LogP contribution in [0.25, 0.3) is 0 Å². The Labute approximate surface area is 143 Å². The fourth-order valence-corrected chi connectivity index (χ4v) is 5.57. The van der Waals surface area contributed by atoms with E-state index in [1.165, 1.54) is 26.4 Å². The lowest BCUT2D eigenvalue weighted by Crippen LogP contribution is -2.56. The molecule has 0 aliphatic heterocycles. The van der Waals surface area contributed by atoms with Gasteiger partial charge in [0.15, 0.2) is 0 Å². The second kappa shape index (κ2) is 6.85. The van der Waals surface area contributed by atoms with Gasteiger partial charge in [-0.05, 0) is 62.7 Å². The van der Waals surface area contributed by atoms with Crippen molar-refractivity contribution in [1.29, 1.82) is 0 Å². The first kappa shape index (κ1) is 17.4. The van der Waals surface area contributed by atoms with E-state index in [0.717, 1.165) is 19.3 Å². The van der Waals surface area contributed by atoms with Gasteiger partial charge in [-0.15, -0.1) is 0 Å². The Balaban J connectivity index is 1.66. The van der Waals surface area contributed by atoms with Crippen molar-refractivity contribution >= 4 is 17.7 Å². The Morgan fingerprint density at radius 1 is 1.08 bits per heavy atom. The SMILES string of the molecule is CCC(=O)CC[C@H](NC(=O)C12CC3CC(CC(C3)C1)C2)C(=O)OC. The number of Topliss-reactive ketones (excluding diaryl/α,β-unsaturated/α-hetero) is 1. The van der Waals surface area contributed by atoms with Gasteiger partial charge in [-0.25, -0.2) is 4.79 Å². The molecule has 1 atom stereocenters. The highest BCUT2D eigenvalue weighted by atomic mass is 16.5. The number of hydrogen-bond donors (Lipinski definition) is 1. The van der Waals surface area contributed by atoms with Gasteiger partial charge >= 0.3 is 5.97 Å². The van der Waals surface area contributed by atoms with Gasteiger partial charge in [0.25, 0.3) is 0 Å². The Hall–Kier alpha value is -1.39. The van der Waals surface area contributed by atoms with Gasteiger partial charge in [0.05, 0.1) is 7.11 Å². The third-order valence-electron chi connectivity index (χ3n) is 6.42. The summed E-state index contributed by atoms with van der Waals surface area (Å²) in [5, 5.41) is 2.94. The molecule has 5 nitrogen and oxygen atoms in total. The van der Waals surface area contributed by atoms with Crippen molar-refractivity contribution in [1.82, 2.24) is 5.32 Å². The van der Waals surface area contributed by atoms with E-state index in [1.807, 2.05) is 6.92 Å². The summed E-state index contributed by atoms with van der Waals surface area (Å²) in [7, 11) is 1.33. The summed E-state index contributed by atoms with van der Waals surface area (Å²) in [4.78, 5) is 36.6. The monoisotopic (exact) mass is 335 g/mol. The topological polar surface area (TPSA) is 72.5 Å². The van der Waals surface area contributed by atoms with Crippen molar-refractivity contribution in [3.8, 4) is 0 Å². The minimum Gasteiger partial charge on any atom is -0.467 e. The molecule has 0 heterocycles. The van der Waals surface area contributed by atoms with Crippen molar-refractivity contribution in [3.05, 3.63) is 0 Å². The van der Waals surface area contributed by atoms with Crippen LogP contribution < -0.4 is 5.32 Å². The molecule has 0 unspecified atom stereocenters. The van der Waals surface area contributed by atoms with Crippen molar-refractivity contribution in [2.45, 2.75) is 70.8 Å². The van der Waals surface area contributed by atoms with Crippen molar-refractivity contribution in [2.75, 3.05) is 7.11 Å². The molecular formula is C19H29NO4. The van der Waals surface area contributed by atoms with Gasteiger partial charge in [0.1, 0.15) is 11.8 Å². The molecule has 134 valence electrons. The van der Waals surface area contributed by atoms with E-state index in [0.29, 0.717) is 37.0 Å². The standard InChI is InChI=1S/C19H29NO4/c1-3-15(21)4-5-16(17(22)24-2)20-18(23)19-9-12-6-13(10-19)8-14(7-12)11-19/h12-14,16H,3-11H2,1-2H3,(H,20,23)/t12?,13?,14?,16-,19?/m0/s1. The number of nitrogens with one attached hydrogen (secondary N) is 1. The van der Waals surface area contributed by atoms with Gasteiger partial charge in [-0.3, -0.25) is 9.59 Å². The quantitative estimate of drug-likeness (QED) is 0.726. The third kappa shape index (κ3) is 3.35. The Morgan fingerprint density at radius 3 is 2.08 bits per heavy atom. The molecule has 0 aromatic rings. The molecule has 4 aliphatic rings. The lowest BCUT2D eigenvalue weighted by molar-refractivity contribution is -0.153. The molecule has 0 spiro atoms. The van der Waals surface area contributed by atoms with E-state index in [-0.39, 0.29) is 17.1 Å². The van der Waals surface area contributed by atoms with Gasteiger partial charge in [-0.1, -0.05) is 6.92 Å². The summed E-state index contributed by atoms with van der Waals surface area (Å²) in [5.41, 5.74) is -0.282. The van der Waals surface area contributed by atoms with Crippen LogP contribution >= 0.6 is 0 Å². The van der Waals surface area contributed by atoms with Crippen molar-refractivity contribution in [2.24, 2.45) is 23.2 Å². The second-order valence-electron chi connectivity index (χ2n) is 8.18. The summed E-state index contributed by atoms with van der Waals surface area (Å²) in [5.74, 6) is 1.71. The molecule has 0 radical (unpaired) electrons. The van der Waals surface area contributed by atoms with Crippen LogP contribution in [0.4, 0.5) is 0 Å². The van der Waals surface area contributed by atoms with Crippen LogP contribution in [-0.4, -0.2) is 30.8 Å². The van der Waals surface area contributed by atoms with Gasteiger partial charge in [0.2, 0.25) is 5.91 Å². The van der Waals surface area contributed by atoms with E-state index in [4.69, 9.17) is 4.74 Å². The largest absolute Gasteiger partial charge is 0.467 e. The van der Waals surface area contributed by atoms with E-state index < -0.39 is 12.0 Å². The second-order valence-corrected chi connectivity index (χ2v) is 8.18. The average Bonchev–Trinajstić information content (AvgIpc) is 2.56. The average molecular weight is 335 g/mol. The molecule has 4 fully saturated rings. The Morgan fingerprint density at radius 2 is 1.62 bits per heavy atom. The number of esters is 1. The third-order valence-corrected chi connectivity index (χ3v) is 6.42. The maximum Gasteiger partial charge on any atom is 0.328 e. The minimum atomic E-state index is -0.703. The van der Waals surface area contributed by atoms with Gasteiger partial charge in [-0.2, -0.15) is 0 Å². The highest BCUT2D eigenvalue weighted by Crippen LogP contribution is 2.60. The first-order chi connectivity index (χ1) is 11.5. The summed E-state index contributed by atoms with van der Waals surface area (Å²) < 4.78 is 4.83. The van der Waals surface area contributed by atoms with Gasteiger partial charge < -0.3 is 10.1 Å². The summed E-state index contributed by atoms with van der Waals surface area (Å²) >= 11 is 0. The van der Waals surface area contributed by atoms with Crippen molar-refractivity contribution in [3.63, 3.8) is 0 Å². The minimum absolute atomic E-state index is 0.0148. The lowest BCUT2D eigenvalue weighted by Gasteiger charge is -2.55. The maximum absolute atomic E-state index is 13.0. The molecule has 24 heavy (non-hydrogen) atoms. The fraction of sp³-hybridized carbons (Fsp3) is 0.842. The molecule has 0 saturated heterocycles. The summed E-state index contributed by atoms with van der Waals surface area (Å²) in [6, 6.07) is -0.703. The summed E-state index contributed by atoms with van der Waals surface area (Å²) in [6.07, 6.45) is 7.81. The van der Waals surface area contributed by atoms with Crippen LogP contribution in [-0.2, 0) is 19.1 Å². The number of ether oxygens (including phenoxy) is 1. The van der Waals surface area contributed by atoms with Crippen LogP contribution in [0.5, 0.6) is 0 Å². The molecule has 0 aromatic heterocycles. The van der Waals surface area contributed by atoms with E-state index in [1.54, 1.807) is 0 Å². The predicted octanol–water partition coefficient (Wildman–Crippen LogP) is 2.62. The first-order valence-corrected chi connectivity index (χ1v) is 9.36. The number of amides is 1. The van der Waals surface area contributed by atoms with Crippen LogP contribution in [0, 0.1) is 23.2 Å². The zero-order chi connectivity index (χ0) is 17.3. The summed E-state index contributed by atoms with van der Waals surface area (Å²) in [6.45, 7) is 1.81. The highest BCUT2D eigenvalue weighted by Gasteiger charge is 2.54. The number of carbonyl (C=O) groups excluding carboxylic acids is 3. The molecule has 5 heteroatoms. The predicted molar refractivity (Wildman–Crippen MR) is 89.1 cm³/mol. The van der Waals surface area contributed by atoms with Crippen LogP contribution in [0.15, 0.2) is 0 Å². The number of hydrogen-bond acceptors (Lipinski definition) is 4. The fourth-order valence-electron chi connectivity index (χ4n) is 5.57. The van der Waals surface area contributed by atoms with E-state index >= 15 is 0 Å². The molecule has 4 aliphatic carbocycles. The molecule has 4 saturated carbocycles. The molecule has 1 N–H and O–H groups in total. The smallest absolute Gasteiger partial charge is 0.328 e. The van der Waals surface area contributed by atoms with E-state index in [9.17, 15) is 14.4 Å². The molecule has 4 rings (SSSR count). The van der Waals surface area contributed by atoms with Crippen molar-refractivity contribution < 1.29 is 19.1 Å². The molecule has 4 bridgehead atoms. The maximum atomic E-state index is 13.0. The molecule has 1 amide bonds. The van der Waals surface area contributed by atoms with Gasteiger partial charge in [0, 0.05) is 18.3 Å². The number of rotatable bonds is 7. The van der Waals surface area contributed by atoms with Crippen LogP contribution in [0.1, 0.15) is 64.7 Å². The van der Waals surface area contributed by atoms with Crippen LogP contribution in [0.2, 0.25) is 0 Å². The zero-order valence-corrected chi connectivity index (χ0v) is 14.8. The number of carbonyl (C=O) groups is 3. The van der Waals surface area contributed by atoms with Crippen LogP contribution in [0.3, 0.4) is 0 Å². The number of ketones is 1.